The summed E-state index contributed by atoms with van der Waals surface area (Å²) in [4.78, 5) is 12.6. The fourth-order valence-electron chi connectivity index (χ4n) is 3.89. The van der Waals surface area contributed by atoms with Gasteiger partial charge in [-0.1, -0.05) is 12.1 Å². The molecule has 0 saturated carbocycles. The predicted octanol–water partition coefficient (Wildman–Crippen LogP) is 4.77. The van der Waals surface area contributed by atoms with Gasteiger partial charge in [-0.15, -0.1) is 0 Å². The molecule has 5 rings (SSSR count). The van der Waals surface area contributed by atoms with Crippen LogP contribution in [0.3, 0.4) is 0 Å². The predicted molar refractivity (Wildman–Crippen MR) is 113 cm³/mol. The molecule has 5 nitrogen and oxygen atoms in total. The molecule has 0 unspecified atom stereocenters. The number of nitrogens with zero attached hydrogens (tertiary/aromatic N) is 4. The van der Waals surface area contributed by atoms with Crippen LogP contribution in [0.15, 0.2) is 55.1 Å². The van der Waals surface area contributed by atoms with E-state index in [1.54, 1.807) is 36.0 Å². The first kappa shape index (κ1) is 19.0. The van der Waals surface area contributed by atoms with Crippen molar-refractivity contribution in [2.24, 2.45) is 7.05 Å². The summed E-state index contributed by atoms with van der Waals surface area (Å²) in [5.74, 6) is -1.46. The molecule has 0 atom stereocenters. The Kier molecular flexibility index (Phi) is 4.35. The van der Waals surface area contributed by atoms with Crippen LogP contribution in [0.25, 0.3) is 32.9 Å². The van der Waals surface area contributed by atoms with Gasteiger partial charge in [0.1, 0.15) is 35.2 Å². The van der Waals surface area contributed by atoms with Gasteiger partial charge in [0, 0.05) is 54.1 Å². The number of anilines is 1. The molecule has 2 aromatic carbocycles. The number of benzene rings is 2. The van der Waals surface area contributed by atoms with Gasteiger partial charge in [0.25, 0.3) is 0 Å². The van der Waals surface area contributed by atoms with Crippen molar-refractivity contribution in [2.45, 2.75) is 6.42 Å². The van der Waals surface area contributed by atoms with Crippen molar-refractivity contribution < 1.29 is 13.2 Å². The number of aryl methyl sites for hydroxylation is 1. The average molecular weight is 419 g/mol. The Morgan fingerprint density at radius 2 is 1.71 bits per heavy atom. The Balaban J connectivity index is 1.59. The van der Waals surface area contributed by atoms with E-state index in [1.807, 2.05) is 0 Å². The van der Waals surface area contributed by atoms with Crippen LogP contribution in [-0.2, 0) is 13.5 Å². The van der Waals surface area contributed by atoms with E-state index in [0.29, 0.717) is 44.2 Å². The minimum Gasteiger partial charge on any atom is -0.383 e. The molecule has 0 spiro atoms. The third-order valence-corrected chi connectivity index (χ3v) is 5.28. The zero-order chi connectivity index (χ0) is 21.7. The second kappa shape index (κ2) is 7.09. The van der Waals surface area contributed by atoms with Crippen molar-refractivity contribution in [1.82, 2.24) is 19.5 Å². The Morgan fingerprint density at radius 3 is 2.48 bits per heavy atom. The van der Waals surface area contributed by atoms with Crippen LogP contribution in [0, 0.1) is 17.5 Å². The molecular formula is C23H16F3N5. The first-order valence-corrected chi connectivity index (χ1v) is 9.48. The summed E-state index contributed by atoms with van der Waals surface area (Å²) >= 11 is 0. The largest absolute Gasteiger partial charge is 0.383 e. The standard InChI is InChI=1S/C23H16F3N5/c1-31-10-19(20-22(27)29-11-30-23(20)31)17-3-2-13-7-16(28-9-18(13)21(17)26)6-12-4-14(24)8-15(25)5-12/h2-5,7-11H,6H2,1H3,(H2,27,29,30). The fourth-order valence-corrected chi connectivity index (χ4v) is 3.89. The van der Waals surface area contributed by atoms with E-state index in [0.717, 1.165) is 6.07 Å². The number of nitrogen functional groups attached to an aromatic ring is 1. The lowest BCUT2D eigenvalue weighted by Gasteiger charge is -2.08. The van der Waals surface area contributed by atoms with Crippen LogP contribution in [0.2, 0.25) is 0 Å². The van der Waals surface area contributed by atoms with Gasteiger partial charge >= 0.3 is 0 Å². The Bertz CT molecular complexity index is 1460. The van der Waals surface area contributed by atoms with Gasteiger partial charge in [0.05, 0.1) is 5.39 Å². The van der Waals surface area contributed by atoms with E-state index in [9.17, 15) is 8.78 Å². The number of rotatable bonds is 3. The summed E-state index contributed by atoms with van der Waals surface area (Å²) in [6.45, 7) is 0. The number of hydrogen-bond donors (Lipinski definition) is 1. The van der Waals surface area contributed by atoms with E-state index in [2.05, 4.69) is 15.0 Å². The first-order valence-electron chi connectivity index (χ1n) is 9.48. The second-order valence-corrected chi connectivity index (χ2v) is 7.39. The van der Waals surface area contributed by atoms with Crippen molar-refractivity contribution in [3.63, 3.8) is 0 Å². The minimum absolute atomic E-state index is 0.227. The third-order valence-electron chi connectivity index (χ3n) is 5.28. The van der Waals surface area contributed by atoms with Gasteiger partial charge in [-0.3, -0.25) is 4.98 Å². The van der Waals surface area contributed by atoms with Crippen LogP contribution in [0.5, 0.6) is 0 Å². The molecule has 5 aromatic rings. The highest BCUT2D eigenvalue weighted by Crippen LogP contribution is 2.36. The number of aromatic nitrogens is 4. The molecule has 154 valence electrons. The first-order chi connectivity index (χ1) is 14.9. The summed E-state index contributed by atoms with van der Waals surface area (Å²) in [6, 6.07) is 8.50. The van der Waals surface area contributed by atoms with Crippen molar-refractivity contribution >= 4 is 27.6 Å². The highest BCUT2D eigenvalue weighted by atomic mass is 19.1. The van der Waals surface area contributed by atoms with Gasteiger partial charge in [0.2, 0.25) is 0 Å². The quantitative estimate of drug-likeness (QED) is 0.457. The van der Waals surface area contributed by atoms with Crippen molar-refractivity contribution in [3.8, 4) is 11.1 Å². The third kappa shape index (κ3) is 3.26. The van der Waals surface area contributed by atoms with Gasteiger partial charge in [-0.05, 0) is 29.1 Å². The van der Waals surface area contributed by atoms with Gasteiger partial charge in [0.15, 0.2) is 0 Å². The number of halogens is 3. The van der Waals surface area contributed by atoms with Crippen LogP contribution in [0.1, 0.15) is 11.3 Å². The number of nitrogens with two attached hydrogens (primary N) is 1. The Hall–Kier alpha value is -3.94. The molecule has 0 bridgehead atoms. The van der Waals surface area contributed by atoms with E-state index in [4.69, 9.17) is 5.73 Å². The SMILES string of the molecule is Cn1cc(-c2ccc3cc(Cc4cc(F)cc(F)c4)ncc3c2F)c2c(N)ncnc21. The lowest BCUT2D eigenvalue weighted by molar-refractivity contribution is 0.580. The van der Waals surface area contributed by atoms with E-state index in [-0.39, 0.29) is 12.2 Å². The smallest absolute Gasteiger partial charge is 0.145 e. The lowest BCUT2D eigenvalue weighted by Crippen LogP contribution is -1.96. The number of fused-ring (bicyclic) bond motifs is 2. The fraction of sp³-hybridized carbons (Fsp3) is 0.0870. The lowest BCUT2D eigenvalue weighted by atomic mass is 10.00. The maximum absolute atomic E-state index is 15.5. The Labute approximate surface area is 175 Å². The minimum atomic E-state index is -0.648. The zero-order valence-electron chi connectivity index (χ0n) is 16.4. The molecule has 2 N–H and O–H groups in total. The molecule has 8 heteroatoms. The maximum Gasteiger partial charge on any atom is 0.145 e. The summed E-state index contributed by atoms with van der Waals surface area (Å²) in [5, 5.41) is 1.55. The molecule has 3 aromatic heterocycles. The van der Waals surface area contributed by atoms with E-state index < -0.39 is 17.5 Å². The van der Waals surface area contributed by atoms with Gasteiger partial charge in [-0.2, -0.15) is 0 Å². The molecule has 0 amide bonds. The van der Waals surface area contributed by atoms with Crippen LogP contribution in [0.4, 0.5) is 19.0 Å². The topological polar surface area (TPSA) is 69.6 Å². The van der Waals surface area contributed by atoms with Gasteiger partial charge in [-0.25, -0.2) is 23.1 Å². The molecule has 0 aliphatic rings. The van der Waals surface area contributed by atoms with E-state index in [1.165, 1.54) is 24.7 Å². The van der Waals surface area contributed by atoms with Crippen LogP contribution in [-0.4, -0.2) is 19.5 Å². The number of hydrogen-bond acceptors (Lipinski definition) is 4. The summed E-state index contributed by atoms with van der Waals surface area (Å²) < 4.78 is 44.1. The number of pyridine rings is 1. The highest BCUT2D eigenvalue weighted by molar-refractivity contribution is 6.02. The Morgan fingerprint density at radius 1 is 0.935 bits per heavy atom. The molecule has 0 radical (unpaired) electrons. The molecule has 3 heterocycles. The summed E-state index contributed by atoms with van der Waals surface area (Å²) in [5.41, 5.74) is 8.62. The van der Waals surface area contributed by atoms with Crippen molar-refractivity contribution in [3.05, 3.63) is 83.8 Å². The second-order valence-electron chi connectivity index (χ2n) is 7.39. The molecule has 0 saturated heterocycles. The normalized spacial score (nSPS) is 11.5. The summed E-state index contributed by atoms with van der Waals surface area (Å²) in [6.07, 6.45) is 4.80. The molecular weight excluding hydrogens is 403 g/mol. The van der Waals surface area contributed by atoms with Crippen LogP contribution >= 0.6 is 0 Å². The molecule has 31 heavy (non-hydrogen) atoms. The summed E-state index contributed by atoms with van der Waals surface area (Å²) in [7, 11) is 1.81. The monoisotopic (exact) mass is 419 g/mol. The van der Waals surface area contributed by atoms with Gasteiger partial charge < -0.3 is 10.3 Å². The molecule has 0 aliphatic heterocycles. The van der Waals surface area contributed by atoms with E-state index >= 15 is 4.39 Å². The highest BCUT2D eigenvalue weighted by Gasteiger charge is 2.18. The molecule has 0 aliphatic carbocycles. The molecule has 0 fully saturated rings. The zero-order valence-corrected chi connectivity index (χ0v) is 16.4. The average Bonchev–Trinajstić information content (AvgIpc) is 3.05. The maximum atomic E-state index is 15.5. The van der Waals surface area contributed by atoms with Crippen molar-refractivity contribution in [2.75, 3.05) is 5.73 Å². The van der Waals surface area contributed by atoms with Crippen LogP contribution < -0.4 is 5.73 Å². The van der Waals surface area contributed by atoms with Crippen molar-refractivity contribution in [1.29, 1.82) is 0 Å².